The Hall–Kier alpha value is -2.40. The minimum absolute atomic E-state index is 0.369. The Labute approximate surface area is 120 Å². The number of rotatable bonds is 2. The first-order chi connectivity index (χ1) is 9.59. The molecule has 0 aliphatic rings. The van der Waals surface area contributed by atoms with Crippen LogP contribution in [0.5, 0.6) is 0 Å². The second-order valence-electron chi connectivity index (χ2n) is 4.56. The van der Waals surface area contributed by atoms with Gasteiger partial charge in [-0.15, -0.1) is 11.3 Å². The van der Waals surface area contributed by atoms with Gasteiger partial charge in [0.1, 0.15) is 9.71 Å². The van der Waals surface area contributed by atoms with E-state index < -0.39 is 5.91 Å². The van der Waals surface area contributed by atoms with Gasteiger partial charge in [0.15, 0.2) is 0 Å². The number of anilines is 1. The summed E-state index contributed by atoms with van der Waals surface area (Å²) in [7, 11) is 0. The Morgan fingerprint density at radius 3 is 2.65 bits per heavy atom. The van der Waals surface area contributed by atoms with E-state index in [9.17, 15) is 4.79 Å². The molecule has 4 nitrogen and oxygen atoms in total. The molecule has 20 heavy (non-hydrogen) atoms. The van der Waals surface area contributed by atoms with Gasteiger partial charge in [0.2, 0.25) is 0 Å². The predicted molar refractivity (Wildman–Crippen MR) is 82.7 cm³/mol. The van der Waals surface area contributed by atoms with Gasteiger partial charge in [-0.05, 0) is 29.7 Å². The minimum Gasteiger partial charge on any atom is -0.397 e. The van der Waals surface area contributed by atoms with E-state index in [1.54, 1.807) is 6.20 Å². The van der Waals surface area contributed by atoms with Crippen molar-refractivity contribution in [2.75, 3.05) is 5.73 Å². The van der Waals surface area contributed by atoms with E-state index in [1.807, 2.05) is 37.3 Å². The Morgan fingerprint density at radius 1 is 1.20 bits per heavy atom. The van der Waals surface area contributed by atoms with Gasteiger partial charge in [0.25, 0.3) is 5.91 Å². The number of nitrogens with two attached hydrogens (primary N) is 2. The minimum atomic E-state index is -0.513. The van der Waals surface area contributed by atoms with Gasteiger partial charge < -0.3 is 11.5 Å². The number of carbonyl (C=O) groups is 1. The van der Waals surface area contributed by atoms with Crippen LogP contribution >= 0.6 is 11.3 Å². The number of carbonyl (C=O) groups excluding carboxylic acids is 1. The predicted octanol–water partition coefficient (Wildman–Crippen LogP) is 2.95. The summed E-state index contributed by atoms with van der Waals surface area (Å²) in [6, 6.07) is 9.96. The first-order valence-corrected chi connectivity index (χ1v) is 6.94. The topological polar surface area (TPSA) is 82.0 Å². The molecule has 0 aliphatic carbocycles. The maximum Gasteiger partial charge on any atom is 0.260 e. The zero-order valence-corrected chi connectivity index (χ0v) is 11.7. The lowest BCUT2D eigenvalue weighted by atomic mass is 9.98. The number of pyridine rings is 1. The highest BCUT2D eigenvalue weighted by Crippen LogP contribution is 2.39. The number of aryl methyl sites for hydroxylation is 1. The number of amides is 1. The average molecular weight is 283 g/mol. The standard InChI is InChI=1S/C15H13N3OS/c1-8-4-2-3-5-9(8)10-6-7-18-15-11(10)12(16)13(20-15)14(17)19/h2-7H,16H2,1H3,(H2,17,19). The molecular formula is C15H13N3OS. The second kappa shape index (κ2) is 4.61. The van der Waals surface area contributed by atoms with Crippen molar-refractivity contribution in [3.63, 3.8) is 0 Å². The first-order valence-electron chi connectivity index (χ1n) is 6.12. The summed E-state index contributed by atoms with van der Waals surface area (Å²) in [5.41, 5.74) is 15.1. The Balaban J connectivity index is 2.38. The highest BCUT2D eigenvalue weighted by molar-refractivity contribution is 7.21. The fraction of sp³-hybridized carbons (Fsp3) is 0.0667. The molecule has 1 aromatic carbocycles. The van der Waals surface area contributed by atoms with Crippen molar-refractivity contribution in [1.29, 1.82) is 0 Å². The van der Waals surface area contributed by atoms with Crippen LogP contribution in [-0.4, -0.2) is 10.9 Å². The fourth-order valence-electron chi connectivity index (χ4n) is 2.33. The average Bonchev–Trinajstić information content (AvgIpc) is 2.77. The lowest BCUT2D eigenvalue weighted by Crippen LogP contribution is -2.10. The molecule has 0 bridgehead atoms. The molecular weight excluding hydrogens is 270 g/mol. The van der Waals surface area contributed by atoms with Crippen molar-refractivity contribution >= 4 is 33.1 Å². The number of fused-ring (bicyclic) bond motifs is 1. The molecule has 4 N–H and O–H groups in total. The zero-order valence-electron chi connectivity index (χ0n) is 10.9. The van der Waals surface area contributed by atoms with E-state index in [-0.39, 0.29) is 0 Å². The molecule has 5 heteroatoms. The fourth-order valence-corrected chi connectivity index (χ4v) is 3.27. The molecule has 0 aliphatic heterocycles. The van der Waals surface area contributed by atoms with Crippen molar-refractivity contribution in [3.8, 4) is 11.1 Å². The van der Waals surface area contributed by atoms with Crippen molar-refractivity contribution in [2.24, 2.45) is 5.73 Å². The third-order valence-corrected chi connectivity index (χ3v) is 4.42. The number of hydrogen-bond acceptors (Lipinski definition) is 4. The third kappa shape index (κ3) is 1.83. The van der Waals surface area contributed by atoms with E-state index in [0.717, 1.165) is 26.9 Å². The largest absolute Gasteiger partial charge is 0.397 e. The van der Waals surface area contributed by atoms with Crippen LogP contribution in [0.1, 0.15) is 15.2 Å². The maximum absolute atomic E-state index is 11.4. The maximum atomic E-state index is 11.4. The SMILES string of the molecule is Cc1ccccc1-c1ccnc2sc(C(N)=O)c(N)c12. The highest BCUT2D eigenvalue weighted by atomic mass is 32.1. The van der Waals surface area contributed by atoms with Crippen LogP contribution in [0.25, 0.3) is 21.3 Å². The van der Waals surface area contributed by atoms with Crippen molar-refractivity contribution in [2.45, 2.75) is 6.92 Å². The smallest absolute Gasteiger partial charge is 0.260 e. The van der Waals surface area contributed by atoms with E-state index in [4.69, 9.17) is 11.5 Å². The van der Waals surface area contributed by atoms with Crippen molar-refractivity contribution in [3.05, 3.63) is 47.0 Å². The number of nitrogens with zero attached hydrogens (tertiary/aromatic N) is 1. The van der Waals surface area contributed by atoms with Crippen LogP contribution in [-0.2, 0) is 0 Å². The molecule has 2 aromatic heterocycles. The van der Waals surface area contributed by atoms with Crippen LogP contribution < -0.4 is 11.5 Å². The molecule has 2 heterocycles. The normalized spacial score (nSPS) is 10.8. The monoisotopic (exact) mass is 283 g/mol. The number of benzene rings is 1. The summed E-state index contributed by atoms with van der Waals surface area (Å²) in [5.74, 6) is -0.513. The molecule has 3 aromatic rings. The number of nitrogen functional groups attached to an aromatic ring is 1. The third-order valence-electron chi connectivity index (χ3n) is 3.29. The Bertz CT molecular complexity index is 823. The van der Waals surface area contributed by atoms with E-state index in [0.29, 0.717) is 10.6 Å². The molecule has 3 rings (SSSR count). The summed E-state index contributed by atoms with van der Waals surface area (Å²) >= 11 is 1.24. The van der Waals surface area contributed by atoms with Gasteiger partial charge in [-0.2, -0.15) is 0 Å². The Morgan fingerprint density at radius 2 is 1.95 bits per heavy atom. The summed E-state index contributed by atoms with van der Waals surface area (Å²) in [4.78, 5) is 16.8. The molecule has 0 radical (unpaired) electrons. The Kier molecular flexibility index (Phi) is 2.91. The van der Waals surface area contributed by atoms with E-state index in [1.165, 1.54) is 11.3 Å². The zero-order chi connectivity index (χ0) is 14.3. The van der Waals surface area contributed by atoms with Gasteiger partial charge in [-0.25, -0.2) is 4.98 Å². The number of thiophene rings is 1. The van der Waals surface area contributed by atoms with Crippen LogP contribution in [0, 0.1) is 6.92 Å². The molecule has 0 atom stereocenters. The quantitative estimate of drug-likeness (QED) is 0.758. The molecule has 0 spiro atoms. The van der Waals surface area contributed by atoms with Crippen molar-refractivity contribution in [1.82, 2.24) is 4.98 Å². The van der Waals surface area contributed by atoms with Crippen LogP contribution in [0.3, 0.4) is 0 Å². The summed E-state index contributed by atoms with van der Waals surface area (Å²) in [6.45, 7) is 2.04. The molecule has 0 unspecified atom stereocenters. The molecule has 1 amide bonds. The van der Waals surface area contributed by atoms with E-state index in [2.05, 4.69) is 4.98 Å². The first kappa shape index (κ1) is 12.6. The second-order valence-corrected chi connectivity index (χ2v) is 5.56. The summed E-state index contributed by atoms with van der Waals surface area (Å²) in [5, 5.41) is 0.806. The lowest BCUT2D eigenvalue weighted by Gasteiger charge is -2.07. The number of aromatic nitrogens is 1. The van der Waals surface area contributed by atoms with E-state index >= 15 is 0 Å². The lowest BCUT2D eigenvalue weighted by molar-refractivity contribution is 0.100. The van der Waals surface area contributed by atoms with Crippen LogP contribution in [0.2, 0.25) is 0 Å². The van der Waals surface area contributed by atoms with Gasteiger partial charge in [0, 0.05) is 11.6 Å². The summed E-state index contributed by atoms with van der Waals surface area (Å²) < 4.78 is 0. The highest BCUT2D eigenvalue weighted by Gasteiger charge is 2.18. The van der Waals surface area contributed by atoms with Gasteiger partial charge >= 0.3 is 0 Å². The van der Waals surface area contributed by atoms with Crippen LogP contribution in [0.4, 0.5) is 5.69 Å². The summed E-state index contributed by atoms with van der Waals surface area (Å²) in [6.07, 6.45) is 1.73. The number of primary amides is 1. The number of hydrogen-bond donors (Lipinski definition) is 2. The van der Waals surface area contributed by atoms with Crippen LogP contribution in [0.15, 0.2) is 36.5 Å². The molecule has 100 valence electrons. The van der Waals surface area contributed by atoms with Gasteiger partial charge in [-0.1, -0.05) is 24.3 Å². The van der Waals surface area contributed by atoms with Crippen molar-refractivity contribution < 1.29 is 4.79 Å². The molecule has 0 saturated heterocycles. The van der Waals surface area contributed by atoms with Gasteiger partial charge in [0.05, 0.1) is 5.69 Å². The molecule has 0 fully saturated rings. The van der Waals surface area contributed by atoms with Gasteiger partial charge in [-0.3, -0.25) is 4.79 Å². The molecule has 0 saturated carbocycles.